The number of amides is 2. The Kier molecular flexibility index (Phi) is 4.71. The zero-order chi connectivity index (χ0) is 16.2. The molecule has 0 radical (unpaired) electrons. The number of nitrogens with zero attached hydrogens (tertiary/aromatic N) is 4. The number of hydrogen-bond acceptors (Lipinski definition) is 5. The van der Waals surface area contributed by atoms with Crippen LogP contribution in [0.1, 0.15) is 35.3 Å². The van der Waals surface area contributed by atoms with E-state index in [-0.39, 0.29) is 11.8 Å². The van der Waals surface area contributed by atoms with Gasteiger partial charge in [-0.05, 0) is 31.2 Å². The van der Waals surface area contributed by atoms with E-state index >= 15 is 0 Å². The predicted molar refractivity (Wildman–Crippen MR) is 85.9 cm³/mol. The van der Waals surface area contributed by atoms with Crippen LogP contribution in [0.2, 0.25) is 0 Å². The quantitative estimate of drug-likeness (QED) is 0.894. The Balaban J connectivity index is 1.63. The van der Waals surface area contributed by atoms with Crippen molar-refractivity contribution in [1.29, 1.82) is 0 Å². The summed E-state index contributed by atoms with van der Waals surface area (Å²) in [4.78, 5) is 27.3. The average Bonchev–Trinajstić information content (AvgIpc) is 3.32. The van der Waals surface area contributed by atoms with Crippen LogP contribution in [0.5, 0.6) is 0 Å². The van der Waals surface area contributed by atoms with Gasteiger partial charge in [0.15, 0.2) is 5.82 Å². The molecule has 8 heteroatoms. The van der Waals surface area contributed by atoms with Crippen molar-refractivity contribution in [3.05, 3.63) is 34.5 Å². The van der Waals surface area contributed by atoms with Crippen molar-refractivity contribution in [2.24, 2.45) is 0 Å². The second kappa shape index (κ2) is 6.91. The number of carbonyl (C=O) groups is 2. The van der Waals surface area contributed by atoms with Gasteiger partial charge in [0.2, 0.25) is 5.91 Å². The van der Waals surface area contributed by atoms with Gasteiger partial charge in [-0.3, -0.25) is 9.59 Å². The molecule has 23 heavy (non-hydrogen) atoms. The van der Waals surface area contributed by atoms with Crippen LogP contribution >= 0.6 is 11.3 Å². The molecule has 1 aliphatic heterocycles. The van der Waals surface area contributed by atoms with Crippen molar-refractivity contribution in [1.82, 2.24) is 25.0 Å². The fourth-order valence-electron chi connectivity index (χ4n) is 2.79. The summed E-state index contributed by atoms with van der Waals surface area (Å²) in [5, 5.41) is 12.6. The van der Waals surface area contributed by atoms with E-state index < -0.39 is 6.04 Å². The maximum atomic E-state index is 12.5. The first-order valence-corrected chi connectivity index (χ1v) is 8.57. The molecule has 0 spiro atoms. The number of thiophene rings is 1. The maximum Gasteiger partial charge on any atom is 0.264 e. The summed E-state index contributed by atoms with van der Waals surface area (Å²) >= 11 is 1.40. The Morgan fingerprint density at radius 3 is 3.09 bits per heavy atom. The number of carbonyl (C=O) groups excluding carboxylic acids is 2. The van der Waals surface area contributed by atoms with E-state index in [1.807, 2.05) is 22.9 Å². The lowest BCUT2D eigenvalue weighted by molar-refractivity contribution is -0.125. The predicted octanol–water partition coefficient (Wildman–Crippen LogP) is 1.28. The molecule has 1 N–H and O–H groups in total. The highest BCUT2D eigenvalue weighted by Gasteiger charge is 2.34. The van der Waals surface area contributed by atoms with Gasteiger partial charge in [0.25, 0.3) is 5.91 Å². The minimum atomic E-state index is -0.400. The van der Waals surface area contributed by atoms with Crippen molar-refractivity contribution in [3.63, 3.8) is 0 Å². The Morgan fingerprint density at radius 2 is 2.35 bits per heavy atom. The van der Waals surface area contributed by atoms with Gasteiger partial charge in [-0.1, -0.05) is 6.07 Å². The van der Waals surface area contributed by atoms with Gasteiger partial charge in [0.05, 0.1) is 11.4 Å². The lowest BCUT2D eigenvalue weighted by Gasteiger charge is -2.23. The van der Waals surface area contributed by atoms with Crippen LogP contribution in [0, 0.1) is 0 Å². The summed E-state index contributed by atoms with van der Waals surface area (Å²) in [6.07, 6.45) is 3.19. The largest absolute Gasteiger partial charge is 0.347 e. The number of likely N-dealkylation sites (tertiary alicyclic amines) is 1. The molecule has 3 heterocycles. The number of aromatic nitrogens is 3. The summed E-state index contributed by atoms with van der Waals surface area (Å²) in [5.41, 5.74) is 0. The van der Waals surface area contributed by atoms with Crippen LogP contribution < -0.4 is 5.32 Å². The van der Waals surface area contributed by atoms with Crippen LogP contribution in [0.3, 0.4) is 0 Å². The first kappa shape index (κ1) is 15.7. The van der Waals surface area contributed by atoms with Crippen molar-refractivity contribution in [2.75, 3.05) is 6.54 Å². The highest BCUT2D eigenvalue weighted by Crippen LogP contribution is 2.22. The van der Waals surface area contributed by atoms with Gasteiger partial charge in [-0.15, -0.1) is 21.5 Å². The molecule has 0 aromatic carbocycles. The monoisotopic (exact) mass is 333 g/mol. The summed E-state index contributed by atoms with van der Waals surface area (Å²) in [7, 11) is 0. The van der Waals surface area contributed by atoms with E-state index in [1.54, 1.807) is 17.3 Å². The Morgan fingerprint density at radius 1 is 1.48 bits per heavy atom. The Hall–Kier alpha value is -2.22. The van der Waals surface area contributed by atoms with Crippen molar-refractivity contribution < 1.29 is 9.59 Å². The molecule has 3 rings (SSSR count). The normalized spacial score (nSPS) is 17.4. The van der Waals surface area contributed by atoms with Gasteiger partial charge >= 0.3 is 0 Å². The van der Waals surface area contributed by atoms with Crippen molar-refractivity contribution in [3.8, 4) is 0 Å². The van der Waals surface area contributed by atoms with Crippen LogP contribution in [0.15, 0.2) is 23.8 Å². The van der Waals surface area contributed by atoms with Crippen molar-refractivity contribution >= 4 is 23.2 Å². The first-order valence-electron chi connectivity index (χ1n) is 7.69. The molecule has 0 aliphatic carbocycles. The zero-order valence-corrected chi connectivity index (χ0v) is 13.8. The van der Waals surface area contributed by atoms with Gasteiger partial charge in [0.1, 0.15) is 12.4 Å². The molecule has 1 fully saturated rings. The molecule has 0 unspecified atom stereocenters. The fourth-order valence-corrected chi connectivity index (χ4v) is 3.47. The first-order chi connectivity index (χ1) is 11.2. The minimum Gasteiger partial charge on any atom is -0.347 e. The zero-order valence-electron chi connectivity index (χ0n) is 12.9. The molecule has 1 aliphatic rings. The maximum absolute atomic E-state index is 12.5. The van der Waals surface area contributed by atoms with E-state index in [2.05, 4.69) is 15.5 Å². The third kappa shape index (κ3) is 3.26. The van der Waals surface area contributed by atoms with Crippen LogP contribution in [0.25, 0.3) is 0 Å². The van der Waals surface area contributed by atoms with Crippen molar-refractivity contribution in [2.45, 2.75) is 38.9 Å². The number of aryl methyl sites for hydroxylation is 1. The molecule has 2 amide bonds. The van der Waals surface area contributed by atoms with E-state index in [1.165, 1.54) is 11.3 Å². The topological polar surface area (TPSA) is 80.1 Å². The van der Waals surface area contributed by atoms with Crippen LogP contribution in [0.4, 0.5) is 0 Å². The highest BCUT2D eigenvalue weighted by molar-refractivity contribution is 7.12. The van der Waals surface area contributed by atoms with E-state index in [4.69, 9.17) is 0 Å². The Labute approximate surface area is 138 Å². The van der Waals surface area contributed by atoms with E-state index in [0.29, 0.717) is 24.4 Å². The summed E-state index contributed by atoms with van der Waals surface area (Å²) in [6.45, 7) is 3.70. The van der Waals surface area contributed by atoms with E-state index in [9.17, 15) is 9.59 Å². The number of hydrogen-bond donors (Lipinski definition) is 1. The fraction of sp³-hybridized carbons (Fsp3) is 0.467. The van der Waals surface area contributed by atoms with Crippen LogP contribution in [-0.2, 0) is 17.9 Å². The van der Waals surface area contributed by atoms with Gasteiger partial charge in [-0.2, -0.15) is 0 Å². The SMILES string of the molecule is CCn1cnnc1CNC(=O)[C@@H]1CCCN1C(=O)c1cccs1. The van der Waals surface area contributed by atoms with Gasteiger partial charge in [-0.25, -0.2) is 0 Å². The van der Waals surface area contributed by atoms with Gasteiger partial charge in [0, 0.05) is 13.1 Å². The van der Waals surface area contributed by atoms with E-state index in [0.717, 1.165) is 18.8 Å². The highest BCUT2D eigenvalue weighted by atomic mass is 32.1. The molecular weight excluding hydrogens is 314 g/mol. The lowest BCUT2D eigenvalue weighted by Crippen LogP contribution is -2.45. The Bertz CT molecular complexity index is 682. The van der Waals surface area contributed by atoms with Crippen LogP contribution in [-0.4, -0.2) is 44.1 Å². The average molecular weight is 333 g/mol. The molecule has 1 saturated heterocycles. The molecule has 0 bridgehead atoms. The summed E-state index contributed by atoms with van der Waals surface area (Å²) < 4.78 is 1.88. The molecule has 1 atom stereocenters. The third-order valence-electron chi connectivity index (χ3n) is 4.01. The standard InChI is InChI=1S/C15H19N5O2S/c1-2-19-10-17-18-13(19)9-16-14(21)11-5-3-7-20(11)15(22)12-6-4-8-23-12/h4,6,8,10-11H,2-3,5,7,9H2,1H3,(H,16,21)/t11-/m0/s1. The number of nitrogens with one attached hydrogen (secondary N) is 1. The molecular formula is C15H19N5O2S. The van der Waals surface area contributed by atoms with Gasteiger partial charge < -0.3 is 14.8 Å². The molecule has 7 nitrogen and oxygen atoms in total. The lowest BCUT2D eigenvalue weighted by atomic mass is 10.2. The molecule has 0 saturated carbocycles. The summed E-state index contributed by atoms with van der Waals surface area (Å²) in [5.74, 6) is 0.530. The summed E-state index contributed by atoms with van der Waals surface area (Å²) in [6, 6.07) is 3.24. The number of rotatable bonds is 5. The molecule has 2 aromatic rings. The minimum absolute atomic E-state index is 0.0608. The molecule has 122 valence electrons. The third-order valence-corrected chi connectivity index (χ3v) is 4.86. The second-order valence-corrected chi connectivity index (χ2v) is 6.33. The smallest absolute Gasteiger partial charge is 0.264 e. The molecule has 2 aromatic heterocycles. The second-order valence-electron chi connectivity index (χ2n) is 5.38.